The van der Waals surface area contributed by atoms with Gasteiger partial charge >= 0.3 is 0 Å². The van der Waals surface area contributed by atoms with Gasteiger partial charge in [-0.15, -0.1) is 0 Å². The minimum absolute atomic E-state index is 0. The topological polar surface area (TPSA) is 98.6 Å². The van der Waals surface area contributed by atoms with Gasteiger partial charge in [0, 0.05) is 66.2 Å². The number of hydrogen-bond acceptors (Lipinski definition) is 6. The molecule has 3 aromatic rings. The van der Waals surface area contributed by atoms with E-state index in [-0.39, 0.29) is 19.6 Å². The summed E-state index contributed by atoms with van der Waals surface area (Å²) < 4.78 is 5.52. The van der Waals surface area contributed by atoms with Crippen molar-refractivity contribution in [2.75, 3.05) is 49.6 Å². The number of ketones is 1. The number of Topliss-reactive ketones (excluding diaryl/α,β-unsaturated/α-hetero) is 1. The van der Waals surface area contributed by atoms with Gasteiger partial charge in [0.1, 0.15) is 11.7 Å². The van der Waals surface area contributed by atoms with Gasteiger partial charge in [-0.1, -0.05) is 54.9 Å². The maximum absolute atomic E-state index is 13.6. The molecule has 41 heavy (non-hydrogen) atoms. The first-order valence-corrected chi connectivity index (χ1v) is 14.2. The maximum atomic E-state index is 13.6. The molecule has 0 spiro atoms. The van der Waals surface area contributed by atoms with Crippen LogP contribution in [0.3, 0.4) is 0 Å². The number of piperidine rings is 1. The Morgan fingerprint density at radius 2 is 1.59 bits per heavy atom. The van der Waals surface area contributed by atoms with Crippen LogP contribution in [-0.2, 0) is 11.2 Å². The van der Waals surface area contributed by atoms with Crippen molar-refractivity contribution in [3.8, 4) is 0 Å². The molecular weight excluding hydrogens is 561 g/mol. The molecule has 1 aromatic heterocycles. The number of amides is 1. The number of benzene rings is 2. The Hall–Kier alpha value is -3.46. The van der Waals surface area contributed by atoms with Crippen LogP contribution in [0.25, 0.3) is 0 Å². The lowest BCUT2D eigenvalue weighted by Crippen LogP contribution is -2.37. The second kappa shape index (κ2) is 13.9. The van der Waals surface area contributed by atoms with E-state index in [1.54, 1.807) is 36.4 Å². The van der Waals surface area contributed by atoms with Gasteiger partial charge in [-0.2, -0.15) is 0 Å². The van der Waals surface area contributed by atoms with Crippen molar-refractivity contribution < 1.29 is 14.3 Å². The zero-order valence-electron chi connectivity index (χ0n) is 22.1. The summed E-state index contributed by atoms with van der Waals surface area (Å²) in [6.45, 7) is 4.10. The maximum Gasteiger partial charge on any atom is 0.257 e. The first-order chi connectivity index (χ1) is 19.4. The lowest BCUT2D eigenvalue weighted by molar-refractivity contribution is 0.0992. The highest BCUT2D eigenvalue weighted by molar-refractivity contribution is 6.31. The summed E-state index contributed by atoms with van der Waals surface area (Å²) in [4.78, 5) is 35.4. The number of rotatable bonds is 7. The number of anilines is 2. The lowest BCUT2D eigenvalue weighted by Gasteiger charge is -2.31. The summed E-state index contributed by atoms with van der Waals surface area (Å²) in [5.74, 6) is 0.276. The van der Waals surface area contributed by atoms with Crippen LogP contribution in [0.4, 0.5) is 11.5 Å². The average molecular weight is 597 g/mol. The fourth-order valence-corrected chi connectivity index (χ4v) is 5.43. The van der Waals surface area contributed by atoms with E-state index in [9.17, 15) is 9.59 Å². The molecule has 0 unspecified atom stereocenters. The van der Waals surface area contributed by atoms with Crippen LogP contribution >= 0.6 is 23.2 Å². The molecule has 216 valence electrons. The molecule has 0 bridgehead atoms. The van der Waals surface area contributed by atoms with Crippen molar-refractivity contribution >= 4 is 52.2 Å². The fourth-order valence-electron chi connectivity index (χ4n) is 5.11. The minimum atomic E-state index is -0.417. The number of carbonyl (C=O) groups excluding carboxylic acids is 2. The van der Waals surface area contributed by atoms with Gasteiger partial charge in [0.05, 0.1) is 18.2 Å². The number of halogens is 2. The molecule has 0 atom stereocenters. The van der Waals surface area contributed by atoms with Crippen LogP contribution in [0.1, 0.15) is 58.5 Å². The minimum Gasteiger partial charge on any atom is -0.378 e. The summed E-state index contributed by atoms with van der Waals surface area (Å²) >= 11 is 12.4. The summed E-state index contributed by atoms with van der Waals surface area (Å²) in [6.07, 6.45) is 4.84. The number of nitrogens with zero attached hydrogens (tertiary/aromatic N) is 3. The van der Waals surface area contributed by atoms with Crippen molar-refractivity contribution in [1.82, 2.24) is 9.88 Å². The van der Waals surface area contributed by atoms with Crippen LogP contribution in [-0.4, -0.2) is 66.8 Å². The summed E-state index contributed by atoms with van der Waals surface area (Å²) in [5.41, 5.74) is 2.94. The molecule has 2 fully saturated rings. The van der Waals surface area contributed by atoms with Crippen LogP contribution in [0.5, 0.6) is 0 Å². The standard InChI is InChI=1S/C30H31Cl2N5O3.CH4/c31-22-8-9-28(34-19-22)35-30(39)25-16-23(32)17-26(36-12-14-40-15-13-36)24(25)18-27(38)20-4-6-21(7-5-20)29(33)37-10-2-1-3-11-37;/h4-9,16-17,19,33H,1-3,10-15,18H2,(H,34,35,39);1H4. The monoisotopic (exact) mass is 595 g/mol. The predicted octanol–water partition coefficient (Wildman–Crippen LogP) is 6.35. The summed E-state index contributed by atoms with van der Waals surface area (Å²) in [6, 6.07) is 13.8. The Labute approximate surface area is 251 Å². The Morgan fingerprint density at radius 1 is 0.902 bits per heavy atom. The van der Waals surface area contributed by atoms with E-state index < -0.39 is 5.91 Å². The number of hydrogen-bond donors (Lipinski definition) is 2. The third-order valence-electron chi connectivity index (χ3n) is 7.25. The first-order valence-electron chi connectivity index (χ1n) is 13.4. The SMILES string of the molecule is C.N=C(c1ccc(C(=O)Cc2c(C(=O)Nc3ccc(Cl)cn3)cc(Cl)cc2N2CCOCC2)cc1)N1CCCCC1. The van der Waals surface area contributed by atoms with Gasteiger partial charge in [0.15, 0.2) is 5.78 Å². The van der Waals surface area contributed by atoms with Crippen molar-refractivity contribution in [1.29, 1.82) is 5.41 Å². The van der Waals surface area contributed by atoms with Gasteiger partial charge in [-0.25, -0.2) is 4.98 Å². The van der Waals surface area contributed by atoms with Crippen LogP contribution in [0.15, 0.2) is 54.7 Å². The highest BCUT2D eigenvalue weighted by atomic mass is 35.5. The number of carbonyl (C=O) groups is 2. The number of nitrogens with one attached hydrogen (secondary N) is 2. The van der Waals surface area contributed by atoms with Crippen molar-refractivity contribution in [2.45, 2.75) is 33.1 Å². The van der Waals surface area contributed by atoms with Crippen LogP contribution < -0.4 is 10.2 Å². The molecule has 3 heterocycles. The Balaban J connectivity index is 0.00000387. The molecule has 10 heteroatoms. The van der Waals surface area contributed by atoms with E-state index in [1.165, 1.54) is 12.6 Å². The second-order valence-electron chi connectivity index (χ2n) is 9.94. The van der Waals surface area contributed by atoms with Crippen molar-refractivity contribution in [2.24, 2.45) is 0 Å². The molecule has 2 aliphatic rings. The molecule has 2 aliphatic heterocycles. The van der Waals surface area contributed by atoms with Crippen LogP contribution in [0.2, 0.25) is 10.0 Å². The molecule has 0 radical (unpaired) electrons. The van der Waals surface area contributed by atoms with Crippen molar-refractivity contribution in [3.63, 3.8) is 0 Å². The molecule has 2 saturated heterocycles. The number of morpholine rings is 1. The third-order valence-corrected chi connectivity index (χ3v) is 7.69. The zero-order chi connectivity index (χ0) is 28.1. The zero-order valence-corrected chi connectivity index (χ0v) is 23.6. The molecule has 2 aromatic carbocycles. The van der Waals surface area contributed by atoms with E-state index >= 15 is 0 Å². The highest BCUT2D eigenvalue weighted by Crippen LogP contribution is 2.31. The molecule has 5 rings (SSSR count). The van der Waals surface area contributed by atoms with Gasteiger partial charge < -0.3 is 19.9 Å². The predicted molar refractivity (Wildman–Crippen MR) is 165 cm³/mol. The largest absolute Gasteiger partial charge is 0.378 e. The normalized spacial score (nSPS) is 15.2. The number of amidine groups is 1. The molecule has 2 N–H and O–H groups in total. The number of aromatic nitrogens is 1. The van der Waals surface area contributed by atoms with E-state index in [1.807, 2.05) is 12.1 Å². The Kier molecular flexibility index (Phi) is 10.4. The first kappa shape index (κ1) is 30.5. The Bertz CT molecular complexity index is 1380. The Morgan fingerprint density at radius 3 is 2.24 bits per heavy atom. The van der Waals surface area contributed by atoms with Crippen molar-refractivity contribution in [3.05, 3.63) is 87.0 Å². The molecule has 1 amide bonds. The summed E-state index contributed by atoms with van der Waals surface area (Å²) in [7, 11) is 0. The fraction of sp³-hybridized carbons (Fsp3) is 0.355. The molecule has 8 nitrogen and oxygen atoms in total. The van der Waals surface area contributed by atoms with Gasteiger partial charge in [0.2, 0.25) is 0 Å². The summed E-state index contributed by atoms with van der Waals surface area (Å²) in [5, 5.41) is 12.2. The quantitative estimate of drug-likeness (QED) is 0.187. The third kappa shape index (κ3) is 7.44. The van der Waals surface area contributed by atoms with E-state index in [0.717, 1.165) is 37.2 Å². The molecular formula is C31H35Cl2N5O3. The van der Waals surface area contributed by atoms with Gasteiger partial charge in [-0.05, 0) is 49.1 Å². The number of likely N-dealkylation sites (tertiary alicyclic amines) is 1. The molecule has 0 aliphatic carbocycles. The average Bonchev–Trinajstić information content (AvgIpc) is 2.99. The van der Waals surface area contributed by atoms with E-state index in [2.05, 4.69) is 20.1 Å². The smallest absolute Gasteiger partial charge is 0.257 e. The lowest BCUT2D eigenvalue weighted by atomic mass is 9.95. The van der Waals surface area contributed by atoms with Gasteiger partial charge in [0.25, 0.3) is 5.91 Å². The van der Waals surface area contributed by atoms with E-state index in [4.69, 9.17) is 33.3 Å². The second-order valence-corrected chi connectivity index (χ2v) is 10.8. The van der Waals surface area contributed by atoms with Gasteiger partial charge in [-0.3, -0.25) is 15.0 Å². The number of pyridine rings is 1. The van der Waals surface area contributed by atoms with E-state index in [0.29, 0.717) is 64.7 Å². The van der Waals surface area contributed by atoms with Crippen LogP contribution in [0, 0.1) is 5.41 Å². The molecule has 0 saturated carbocycles. The highest BCUT2D eigenvalue weighted by Gasteiger charge is 2.24. The number of ether oxygens (including phenoxy) is 1.